The number of hydrogen-bond donors (Lipinski definition) is 1. The summed E-state index contributed by atoms with van der Waals surface area (Å²) in [4.78, 5) is 1.26. The smallest absolute Gasteiger partial charge is 0.313 e. The molecule has 0 atom stereocenters. The lowest BCUT2D eigenvalue weighted by Gasteiger charge is -2.18. The van der Waals surface area contributed by atoms with Crippen molar-refractivity contribution in [3.05, 3.63) is 35.4 Å². The van der Waals surface area contributed by atoms with Crippen LogP contribution < -0.4 is 5.32 Å². The highest BCUT2D eigenvalue weighted by molar-refractivity contribution is 5.32. The van der Waals surface area contributed by atoms with Crippen molar-refractivity contribution >= 4 is 0 Å². The maximum absolute atomic E-state index is 12.1. The Morgan fingerprint density at radius 3 is 2.75 bits per heavy atom. The summed E-state index contributed by atoms with van der Waals surface area (Å²) in [6.07, 6.45) is -3.50. The molecule has 0 aromatic heterocycles. The van der Waals surface area contributed by atoms with Gasteiger partial charge in [-0.15, -0.1) is 0 Å². The van der Waals surface area contributed by atoms with E-state index >= 15 is 0 Å². The zero-order valence-electron chi connectivity index (χ0n) is 11.4. The zero-order valence-corrected chi connectivity index (χ0v) is 11.4. The van der Waals surface area contributed by atoms with Crippen molar-refractivity contribution in [1.82, 2.24) is 10.2 Å². The van der Waals surface area contributed by atoms with Gasteiger partial charge in [-0.05, 0) is 44.3 Å². The summed E-state index contributed by atoms with van der Waals surface area (Å²) >= 11 is 0. The van der Waals surface area contributed by atoms with E-state index in [2.05, 4.69) is 11.4 Å². The number of halogens is 3. The molecule has 0 radical (unpaired) electrons. The van der Waals surface area contributed by atoms with Gasteiger partial charge in [0.15, 0.2) is 0 Å². The monoisotopic (exact) mass is 285 g/mol. The highest BCUT2D eigenvalue weighted by atomic mass is 19.4. The van der Waals surface area contributed by atoms with E-state index < -0.39 is 12.7 Å². The Hall–Kier alpha value is -1.58. The Morgan fingerprint density at radius 2 is 2.10 bits per heavy atom. The van der Waals surface area contributed by atoms with Gasteiger partial charge in [0.25, 0.3) is 0 Å². The molecule has 0 aliphatic rings. The summed E-state index contributed by atoms with van der Waals surface area (Å²) in [6, 6.07) is 9.31. The second-order valence-corrected chi connectivity index (χ2v) is 4.70. The number of nitrogens with zero attached hydrogens (tertiary/aromatic N) is 2. The summed E-state index contributed by atoms with van der Waals surface area (Å²) in [7, 11) is 1.46. The maximum Gasteiger partial charge on any atom is 0.401 e. The van der Waals surface area contributed by atoms with Crippen LogP contribution in [0.15, 0.2) is 24.3 Å². The summed E-state index contributed by atoms with van der Waals surface area (Å²) in [5, 5.41) is 11.9. The number of rotatable bonds is 7. The topological polar surface area (TPSA) is 39.1 Å². The van der Waals surface area contributed by atoms with Gasteiger partial charge >= 0.3 is 6.18 Å². The molecule has 0 unspecified atom stereocenters. The molecule has 6 heteroatoms. The van der Waals surface area contributed by atoms with Crippen LogP contribution in [0.1, 0.15) is 17.5 Å². The van der Waals surface area contributed by atoms with E-state index in [9.17, 15) is 13.2 Å². The lowest BCUT2D eigenvalue weighted by Crippen LogP contribution is -2.32. The zero-order chi connectivity index (χ0) is 15.0. The first-order valence-electron chi connectivity index (χ1n) is 6.36. The van der Waals surface area contributed by atoms with Gasteiger partial charge in [0, 0.05) is 6.54 Å². The molecule has 0 saturated carbocycles. The third-order valence-corrected chi connectivity index (χ3v) is 2.73. The standard InChI is InChI=1S/C14H18F3N3/c1-20(11-14(15,16)17)7-3-6-19-10-13-5-2-4-12(8-13)9-18/h2,4-5,8,19H,3,6-7,10-11H2,1H3. The first-order chi connectivity index (χ1) is 9.40. The number of alkyl halides is 3. The molecule has 0 bridgehead atoms. The predicted molar refractivity (Wildman–Crippen MR) is 71.0 cm³/mol. The van der Waals surface area contributed by atoms with Crippen LogP contribution in [0, 0.1) is 11.3 Å². The summed E-state index contributed by atoms with van der Waals surface area (Å²) < 4.78 is 36.3. The molecule has 1 N–H and O–H groups in total. The van der Waals surface area contributed by atoms with Crippen LogP contribution in [0.25, 0.3) is 0 Å². The lowest BCUT2D eigenvalue weighted by molar-refractivity contribution is -0.143. The number of benzene rings is 1. The average molecular weight is 285 g/mol. The molecule has 1 aromatic rings. The van der Waals surface area contributed by atoms with Crippen molar-refractivity contribution < 1.29 is 13.2 Å². The second-order valence-electron chi connectivity index (χ2n) is 4.70. The molecule has 0 heterocycles. The molecular formula is C14H18F3N3. The molecule has 3 nitrogen and oxygen atoms in total. The molecule has 1 aromatic carbocycles. The number of hydrogen-bond acceptors (Lipinski definition) is 3. The van der Waals surface area contributed by atoms with Gasteiger partial charge in [-0.25, -0.2) is 0 Å². The van der Waals surface area contributed by atoms with Crippen molar-refractivity contribution in [3.8, 4) is 6.07 Å². The quantitative estimate of drug-likeness (QED) is 0.782. The van der Waals surface area contributed by atoms with Crippen LogP contribution in [0.4, 0.5) is 13.2 Å². The maximum atomic E-state index is 12.1. The minimum Gasteiger partial charge on any atom is -0.313 e. The van der Waals surface area contributed by atoms with E-state index in [1.54, 1.807) is 12.1 Å². The molecular weight excluding hydrogens is 267 g/mol. The minimum atomic E-state index is -4.14. The van der Waals surface area contributed by atoms with Crippen molar-refractivity contribution in [2.45, 2.75) is 19.1 Å². The van der Waals surface area contributed by atoms with Crippen LogP contribution in [0.2, 0.25) is 0 Å². The van der Waals surface area contributed by atoms with E-state index in [0.29, 0.717) is 31.6 Å². The molecule has 0 aliphatic heterocycles. The molecule has 20 heavy (non-hydrogen) atoms. The van der Waals surface area contributed by atoms with Gasteiger partial charge in [-0.1, -0.05) is 12.1 Å². The fraction of sp³-hybridized carbons (Fsp3) is 0.500. The van der Waals surface area contributed by atoms with Gasteiger partial charge in [0.1, 0.15) is 0 Å². The molecule has 110 valence electrons. The molecule has 0 saturated heterocycles. The van der Waals surface area contributed by atoms with E-state index in [0.717, 1.165) is 5.56 Å². The Bertz CT molecular complexity index is 452. The van der Waals surface area contributed by atoms with Gasteiger partial charge < -0.3 is 5.32 Å². The van der Waals surface area contributed by atoms with Crippen LogP contribution >= 0.6 is 0 Å². The third kappa shape index (κ3) is 7.12. The minimum absolute atomic E-state index is 0.394. The Morgan fingerprint density at radius 1 is 1.35 bits per heavy atom. The Labute approximate surface area is 117 Å². The fourth-order valence-corrected chi connectivity index (χ4v) is 1.84. The normalized spacial score (nSPS) is 11.6. The molecule has 1 rings (SSSR count). The Balaban J connectivity index is 2.17. The van der Waals surface area contributed by atoms with Gasteiger partial charge in [0.05, 0.1) is 18.2 Å². The van der Waals surface area contributed by atoms with Crippen molar-refractivity contribution in [1.29, 1.82) is 5.26 Å². The summed E-state index contributed by atoms with van der Waals surface area (Å²) in [5.41, 5.74) is 1.60. The largest absolute Gasteiger partial charge is 0.401 e. The van der Waals surface area contributed by atoms with Crippen LogP contribution in [-0.4, -0.2) is 37.8 Å². The predicted octanol–water partition coefficient (Wildman–Crippen LogP) is 2.53. The van der Waals surface area contributed by atoms with Crippen LogP contribution in [0.3, 0.4) is 0 Å². The molecule has 0 aliphatic carbocycles. The lowest BCUT2D eigenvalue weighted by atomic mass is 10.1. The first-order valence-corrected chi connectivity index (χ1v) is 6.36. The molecule has 0 fully saturated rings. The van der Waals surface area contributed by atoms with E-state index in [1.807, 2.05) is 12.1 Å². The highest BCUT2D eigenvalue weighted by Gasteiger charge is 2.28. The first kappa shape index (κ1) is 16.5. The van der Waals surface area contributed by atoms with Crippen molar-refractivity contribution in [2.75, 3.05) is 26.7 Å². The van der Waals surface area contributed by atoms with Gasteiger partial charge in [-0.2, -0.15) is 18.4 Å². The van der Waals surface area contributed by atoms with Crippen molar-refractivity contribution in [2.24, 2.45) is 0 Å². The highest BCUT2D eigenvalue weighted by Crippen LogP contribution is 2.15. The second kappa shape index (κ2) is 7.88. The average Bonchev–Trinajstić information content (AvgIpc) is 2.36. The summed E-state index contributed by atoms with van der Waals surface area (Å²) in [6.45, 7) is 0.763. The SMILES string of the molecule is CN(CCCNCc1cccc(C#N)c1)CC(F)(F)F. The summed E-state index contributed by atoms with van der Waals surface area (Å²) in [5.74, 6) is 0. The number of nitriles is 1. The number of nitrogens with one attached hydrogen (secondary N) is 1. The van der Waals surface area contributed by atoms with Crippen LogP contribution in [0.5, 0.6) is 0 Å². The van der Waals surface area contributed by atoms with Crippen LogP contribution in [-0.2, 0) is 6.54 Å². The van der Waals surface area contributed by atoms with Gasteiger partial charge in [0.2, 0.25) is 0 Å². The van der Waals surface area contributed by atoms with E-state index in [-0.39, 0.29) is 0 Å². The van der Waals surface area contributed by atoms with E-state index in [4.69, 9.17) is 5.26 Å². The fourth-order valence-electron chi connectivity index (χ4n) is 1.84. The molecule has 0 spiro atoms. The van der Waals surface area contributed by atoms with Crippen molar-refractivity contribution in [3.63, 3.8) is 0 Å². The van der Waals surface area contributed by atoms with Gasteiger partial charge in [-0.3, -0.25) is 4.90 Å². The third-order valence-electron chi connectivity index (χ3n) is 2.73. The Kier molecular flexibility index (Phi) is 6.49. The molecule has 0 amide bonds. The van der Waals surface area contributed by atoms with E-state index in [1.165, 1.54) is 11.9 Å².